The molecule has 194 valence electrons. The quantitative estimate of drug-likeness (QED) is 0.0524. The molecular weight excluding hydrogens is 524 g/mol. The van der Waals surface area contributed by atoms with Crippen molar-refractivity contribution >= 4 is 54.4 Å². The van der Waals surface area contributed by atoms with E-state index in [-0.39, 0.29) is 16.1 Å². The van der Waals surface area contributed by atoms with E-state index in [1.54, 1.807) is 42.9 Å². The Bertz CT molecular complexity index is 1190. The topological polar surface area (TPSA) is 189 Å². The largest absolute Gasteiger partial charge is 0.492 e. The molecule has 36 heavy (non-hydrogen) atoms. The van der Waals surface area contributed by atoms with E-state index in [1.165, 1.54) is 18.2 Å². The van der Waals surface area contributed by atoms with Gasteiger partial charge in [-0.05, 0) is 68.4 Å². The van der Waals surface area contributed by atoms with Crippen LogP contribution in [-0.4, -0.2) is 70.9 Å². The minimum Gasteiger partial charge on any atom is -0.390 e. The highest BCUT2D eigenvalue weighted by Crippen LogP contribution is 2.15. The molecule has 2 aromatic rings. The molecule has 0 saturated carbocycles. The van der Waals surface area contributed by atoms with Crippen LogP contribution >= 0.6 is 12.2 Å². The minimum atomic E-state index is -4.39. The molecule has 0 aliphatic heterocycles. The lowest BCUT2D eigenvalue weighted by Crippen LogP contribution is -2.34. The van der Waals surface area contributed by atoms with Crippen LogP contribution in [0.2, 0.25) is 6.04 Å². The number of aromatic nitrogens is 1. The van der Waals surface area contributed by atoms with E-state index in [2.05, 4.69) is 31.0 Å². The Morgan fingerprint density at radius 3 is 2.53 bits per heavy atom. The van der Waals surface area contributed by atoms with Crippen LogP contribution in [-0.2, 0) is 10.1 Å². The Hall–Kier alpha value is -2.92. The third-order valence-corrected chi connectivity index (χ3v) is 6.49. The van der Waals surface area contributed by atoms with Gasteiger partial charge in [0.15, 0.2) is 0 Å². The number of nitrogens with one attached hydrogen (secondary N) is 2. The Morgan fingerprint density at radius 1 is 1.06 bits per heavy atom. The van der Waals surface area contributed by atoms with Crippen molar-refractivity contribution in [3.63, 3.8) is 0 Å². The molecule has 15 heteroatoms. The summed E-state index contributed by atoms with van der Waals surface area (Å²) in [4.78, 5) is 34.8. The molecule has 1 aromatic carbocycles. The van der Waals surface area contributed by atoms with E-state index in [1.807, 2.05) is 0 Å². The van der Waals surface area contributed by atoms with E-state index >= 15 is 0 Å². The van der Waals surface area contributed by atoms with Gasteiger partial charge < -0.3 is 14.4 Å². The highest BCUT2D eigenvalue weighted by molar-refractivity contribution is 7.85. The molecule has 0 atom stereocenters. The van der Waals surface area contributed by atoms with Crippen LogP contribution in [0.1, 0.15) is 36.9 Å². The lowest BCUT2D eigenvalue weighted by atomic mass is 10.1. The fourth-order valence-electron chi connectivity index (χ4n) is 2.77. The van der Waals surface area contributed by atoms with E-state index < -0.39 is 18.9 Å². The fraction of sp³-hybridized carbons (Fsp3) is 0.286. The molecule has 12 nitrogen and oxygen atoms in total. The Labute approximate surface area is 215 Å². The molecule has 0 aliphatic carbocycles. The summed E-state index contributed by atoms with van der Waals surface area (Å²) in [5.41, 5.74) is 6.44. The number of benzene rings is 1. The maximum Gasteiger partial charge on any atom is 0.492 e. The van der Waals surface area contributed by atoms with Crippen molar-refractivity contribution in [3.8, 4) is 0 Å². The summed E-state index contributed by atoms with van der Waals surface area (Å²) < 4.78 is 32.4. The number of unbranched alkanes of at least 4 members (excludes halogenated alkanes) is 2. The molecule has 0 radical (unpaired) electrons. The van der Waals surface area contributed by atoms with Gasteiger partial charge in [-0.3, -0.25) is 25.4 Å². The van der Waals surface area contributed by atoms with Crippen LogP contribution in [0.3, 0.4) is 0 Å². The molecule has 2 rings (SSSR count). The van der Waals surface area contributed by atoms with Gasteiger partial charge in [0.1, 0.15) is 5.71 Å². The molecule has 0 unspecified atom stereocenters. The van der Waals surface area contributed by atoms with Gasteiger partial charge in [0.2, 0.25) is 5.11 Å². The zero-order valence-corrected chi connectivity index (χ0v) is 21.9. The third-order valence-electron chi connectivity index (χ3n) is 4.43. The molecule has 0 aliphatic rings. The van der Waals surface area contributed by atoms with Crippen LogP contribution in [0.15, 0.2) is 68.8 Å². The maximum atomic E-state index is 11.5. The summed E-state index contributed by atoms with van der Waals surface area (Å²) >= 11 is 5.17. The summed E-state index contributed by atoms with van der Waals surface area (Å²) in [6, 6.07) is 10.8. The van der Waals surface area contributed by atoms with Gasteiger partial charge >= 0.3 is 8.80 Å². The van der Waals surface area contributed by atoms with Crippen molar-refractivity contribution in [2.24, 2.45) is 15.2 Å². The van der Waals surface area contributed by atoms with Crippen LogP contribution in [0.4, 0.5) is 0 Å². The second kappa shape index (κ2) is 14.6. The first-order valence-corrected chi connectivity index (χ1v) is 14.8. The molecule has 0 amide bonds. The van der Waals surface area contributed by atoms with Gasteiger partial charge in [-0.15, -0.1) is 0 Å². The van der Waals surface area contributed by atoms with E-state index in [0.717, 1.165) is 12.8 Å². The number of hydrogen-bond donors (Lipinski definition) is 6. The standard InChI is InChI=1S/C21H28N6O6S2Si/c28-35(29,30)18-9-6-8-17(16-18)20(19-10-2-5-13-23-19)25-27-21(34)26-24-14-4-1-3-11-22-12-7-15-36(31,32)33/h2,5-6,8-11,13-14,16,31-33H,1,3-4,7,12,15H2,(H2,26,27,34)(H,28,29,30)/b22-11?,24-14+,25-20-. The van der Waals surface area contributed by atoms with Crippen molar-refractivity contribution < 1.29 is 27.4 Å². The predicted molar refractivity (Wildman–Crippen MR) is 143 cm³/mol. The van der Waals surface area contributed by atoms with Crippen LogP contribution in [0.25, 0.3) is 0 Å². The predicted octanol–water partition coefficient (Wildman–Crippen LogP) is 1.08. The van der Waals surface area contributed by atoms with Crippen molar-refractivity contribution in [2.45, 2.75) is 36.6 Å². The maximum absolute atomic E-state index is 11.5. The minimum absolute atomic E-state index is 0.0268. The lowest BCUT2D eigenvalue weighted by molar-refractivity contribution is 0.227. The SMILES string of the molecule is O=S(=O)(O)c1cccc(/C(=N/NC(=S)N/N=C/CCCC=NCCC[Si](O)(O)O)c2ccccn2)c1. The number of thiocarbonyl (C=S) groups is 1. The number of aliphatic imine (C=N–C) groups is 1. The van der Waals surface area contributed by atoms with Crippen molar-refractivity contribution in [3.05, 3.63) is 59.9 Å². The van der Waals surface area contributed by atoms with Crippen molar-refractivity contribution in [2.75, 3.05) is 6.54 Å². The fourth-order valence-corrected chi connectivity index (χ4v) is 4.02. The Kier molecular flexibility index (Phi) is 11.9. The van der Waals surface area contributed by atoms with E-state index in [9.17, 15) is 13.0 Å². The Morgan fingerprint density at radius 2 is 1.83 bits per heavy atom. The smallest absolute Gasteiger partial charge is 0.390 e. The van der Waals surface area contributed by atoms with E-state index in [0.29, 0.717) is 36.4 Å². The van der Waals surface area contributed by atoms with Crippen molar-refractivity contribution in [1.82, 2.24) is 15.8 Å². The van der Waals surface area contributed by atoms with E-state index in [4.69, 9.17) is 26.6 Å². The van der Waals surface area contributed by atoms with Crippen LogP contribution in [0, 0.1) is 0 Å². The highest BCUT2D eigenvalue weighted by atomic mass is 32.2. The van der Waals surface area contributed by atoms with Crippen molar-refractivity contribution in [1.29, 1.82) is 0 Å². The lowest BCUT2D eigenvalue weighted by Gasteiger charge is -2.09. The molecule has 0 saturated heterocycles. The normalized spacial score (nSPS) is 12.8. The van der Waals surface area contributed by atoms with Gasteiger partial charge in [-0.25, -0.2) is 0 Å². The number of hydrazone groups is 2. The molecule has 0 spiro atoms. The summed E-state index contributed by atoms with van der Waals surface area (Å²) in [7, 11) is -8.36. The average molecular weight is 553 g/mol. The van der Waals surface area contributed by atoms with Gasteiger partial charge in [-0.1, -0.05) is 18.2 Å². The second-order valence-electron chi connectivity index (χ2n) is 7.44. The summed E-state index contributed by atoms with van der Waals surface area (Å²) in [6.45, 7) is 0.424. The number of nitrogens with zero attached hydrogens (tertiary/aromatic N) is 4. The number of pyridine rings is 1. The summed E-state index contributed by atoms with van der Waals surface area (Å²) in [5, 5.41) is 8.37. The molecule has 0 fully saturated rings. The summed E-state index contributed by atoms with van der Waals surface area (Å²) in [6.07, 6.45) is 7.53. The third kappa shape index (κ3) is 11.7. The number of hydrogen-bond acceptors (Lipinski definition) is 10. The first kappa shape index (κ1) is 29.3. The first-order chi connectivity index (χ1) is 17.1. The highest BCUT2D eigenvalue weighted by Gasteiger charge is 2.25. The van der Waals surface area contributed by atoms with Crippen LogP contribution in [0.5, 0.6) is 0 Å². The molecule has 6 N–H and O–H groups in total. The zero-order valence-electron chi connectivity index (χ0n) is 19.2. The molecule has 1 heterocycles. The molecule has 1 aromatic heterocycles. The van der Waals surface area contributed by atoms with Gasteiger partial charge in [0.05, 0.1) is 10.6 Å². The summed E-state index contributed by atoms with van der Waals surface area (Å²) in [5.74, 6) is 0. The first-order valence-electron chi connectivity index (χ1n) is 10.9. The second-order valence-corrected chi connectivity index (χ2v) is 11.3. The van der Waals surface area contributed by atoms with Crippen LogP contribution < -0.4 is 10.9 Å². The molecular formula is C21H28N6O6S2Si. The van der Waals surface area contributed by atoms with Gasteiger partial charge in [-0.2, -0.15) is 18.6 Å². The van der Waals surface area contributed by atoms with Gasteiger partial charge in [0, 0.05) is 30.6 Å². The monoisotopic (exact) mass is 552 g/mol. The van der Waals surface area contributed by atoms with Gasteiger partial charge in [0.25, 0.3) is 10.1 Å². The average Bonchev–Trinajstić information content (AvgIpc) is 2.82. The Balaban J connectivity index is 1.87. The molecule has 0 bridgehead atoms. The zero-order chi connectivity index (χ0) is 26.4. The number of rotatable bonds is 13.